The van der Waals surface area contributed by atoms with Crippen LogP contribution in [0.15, 0.2) is 91.6 Å². The van der Waals surface area contributed by atoms with E-state index < -0.39 is 0 Å². The molecular formula is C31H30N8O2. The topological polar surface area (TPSA) is 109 Å². The molecule has 0 fully saturated rings. The molecule has 2 N–H and O–H groups in total. The number of ether oxygens (including phenoxy) is 2. The molecule has 41 heavy (non-hydrogen) atoms. The molecule has 6 aromatic rings. The van der Waals surface area contributed by atoms with E-state index in [1.54, 1.807) is 32.9 Å². The van der Waals surface area contributed by atoms with Crippen LogP contribution in [0.5, 0.6) is 11.5 Å². The predicted molar refractivity (Wildman–Crippen MR) is 158 cm³/mol. The second kappa shape index (κ2) is 11.0. The number of aromatic nitrogens is 6. The van der Waals surface area contributed by atoms with Crippen LogP contribution in [-0.2, 0) is 13.1 Å². The van der Waals surface area contributed by atoms with Gasteiger partial charge in [0, 0.05) is 30.5 Å². The third kappa shape index (κ3) is 5.27. The van der Waals surface area contributed by atoms with Crippen molar-refractivity contribution in [3.8, 4) is 28.4 Å². The van der Waals surface area contributed by atoms with Crippen molar-refractivity contribution in [2.75, 3.05) is 24.9 Å². The van der Waals surface area contributed by atoms with Gasteiger partial charge in [-0.05, 0) is 60.0 Å². The fraction of sp³-hybridized carbons (Fsp3) is 0.161. The van der Waals surface area contributed by atoms with Crippen molar-refractivity contribution in [1.82, 2.24) is 29.4 Å². The van der Waals surface area contributed by atoms with Gasteiger partial charge in [-0.3, -0.25) is 0 Å². The van der Waals surface area contributed by atoms with Gasteiger partial charge in [0.15, 0.2) is 11.5 Å². The zero-order chi connectivity index (χ0) is 28.3. The van der Waals surface area contributed by atoms with Gasteiger partial charge >= 0.3 is 0 Å². The number of nitrogens with two attached hydrogens (primary N) is 1. The van der Waals surface area contributed by atoms with Crippen molar-refractivity contribution >= 4 is 17.2 Å². The van der Waals surface area contributed by atoms with Gasteiger partial charge in [-0.1, -0.05) is 30.3 Å². The molecule has 3 heterocycles. The van der Waals surface area contributed by atoms with Crippen LogP contribution in [0.25, 0.3) is 22.6 Å². The second-order valence-corrected chi connectivity index (χ2v) is 9.73. The lowest BCUT2D eigenvalue weighted by Crippen LogP contribution is -2.24. The standard InChI is InChI=1S/C31H30N8O2/c1-21-4-9-25(32)14-28(21)38-19-24(15-35-38)29-16-33-31-30(34-20-36-39(29)31)37(17-22-5-10-26(40-2)11-6-22)18-23-7-12-27(41-3)13-8-23/h4-16,19-20H,17-18,32H2,1-3H3. The highest BCUT2D eigenvalue weighted by molar-refractivity contribution is 5.70. The molecule has 0 aliphatic carbocycles. The van der Waals surface area contributed by atoms with E-state index in [0.717, 1.165) is 51.0 Å². The highest BCUT2D eigenvalue weighted by Crippen LogP contribution is 2.28. The van der Waals surface area contributed by atoms with Gasteiger partial charge in [-0.25, -0.2) is 19.2 Å². The molecule has 0 aliphatic heterocycles. The minimum absolute atomic E-state index is 0.609. The van der Waals surface area contributed by atoms with Gasteiger partial charge in [0.25, 0.3) is 0 Å². The van der Waals surface area contributed by atoms with E-state index in [1.165, 1.54) is 0 Å². The summed E-state index contributed by atoms with van der Waals surface area (Å²) in [5, 5.41) is 9.15. The number of aryl methyl sites for hydroxylation is 1. The quantitative estimate of drug-likeness (QED) is 0.250. The van der Waals surface area contributed by atoms with Gasteiger partial charge in [0.2, 0.25) is 0 Å². The molecule has 0 atom stereocenters. The lowest BCUT2D eigenvalue weighted by Gasteiger charge is -2.24. The van der Waals surface area contributed by atoms with Crippen molar-refractivity contribution < 1.29 is 9.47 Å². The lowest BCUT2D eigenvalue weighted by atomic mass is 10.1. The number of hydrogen-bond donors (Lipinski definition) is 1. The summed E-state index contributed by atoms with van der Waals surface area (Å²) >= 11 is 0. The van der Waals surface area contributed by atoms with Gasteiger partial charge in [0.05, 0.1) is 38.0 Å². The molecule has 3 aromatic heterocycles. The number of methoxy groups -OCH3 is 2. The normalized spacial score (nSPS) is 11.1. The fourth-order valence-corrected chi connectivity index (χ4v) is 4.79. The summed E-state index contributed by atoms with van der Waals surface area (Å²) in [5.74, 6) is 2.34. The van der Waals surface area contributed by atoms with E-state index in [4.69, 9.17) is 25.2 Å². The van der Waals surface area contributed by atoms with Crippen LogP contribution in [0.1, 0.15) is 16.7 Å². The highest BCUT2D eigenvalue weighted by atomic mass is 16.5. The molecule has 0 saturated heterocycles. The molecule has 0 unspecified atom stereocenters. The van der Waals surface area contributed by atoms with Crippen LogP contribution in [0.3, 0.4) is 0 Å². The van der Waals surface area contributed by atoms with Crippen LogP contribution < -0.4 is 20.1 Å². The molecule has 0 radical (unpaired) electrons. The van der Waals surface area contributed by atoms with Gasteiger partial charge in [-0.15, -0.1) is 0 Å². The Morgan fingerprint density at radius 2 is 1.46 bits per heavy atom. The molecule has 6 rings (SSSR count). The Morgan fingerprint density at radius 3 is 2.10 bits per heavy atom. The second-order valence-electron chi connectivity index (χ2n) is 9.73. The number of nitrogens with zero attached hydrogens (tertiary/aromatic N) is 7. The van der Waals surface area contributed by atoms with Gasteiger partial charge in [0.1, 0.15) is 17.8 Å². The maximum atomic E-state index is 6.04. The van der Waals surface area contributed by atoms with Crippen molar-refractivity contribution in [3.05, 3.63) is 108 Å². The molecular weight excluding hydrogens is 516 g/mol. The molecule has 10 heteroatoms. The van der Waals surface area contributed by atoms with Crippen molar-refractivity contribution in [2.45, 2.75) is 20.0 Å². The largest absolute Gasteiger partial charge is 0.497 e. The minimum atomic E-state index is 0.609. The summed E-state index contributed by atoms with van der Waals surface area (Å²) in [6, 6.07) is 21.9. The van der Waals surface area contributed by atoms with E-state index in [-0.39, 0.29) is 0 Å². The Bertz CT molecular complexity index is 1740. The summed E-state index contributed by atoms with van der Waals surface area (Å²) in [7, 11) is 3.33. The first-order chi connectivity index (χ1) is 20.0. The number of benzene rings is 3. The zero-order valence-electron chi connectivity index (χ0n) is 23.1. The molecule has 0 aliphatic rings. The number of imidazole rings is 1. The third-order valence-electron chi connectivity index (χ3n) is 7.01. The Hall–Kier alpha value is -5.38. The number of rotatable bonds is 9. The third-order valence-corrected chi connectivity index (χ3v) is 7.01. The average molecular weight is 547 g/mol. The summed E-state index contributed by atoms with van der Waals surface area (Å²) in [5.41, 5.74) is 13.3. The van der Waals surface area contributed by atoms with Gasteiger partial charge < -0.3 is 20.1 Å². The molecule has 0 bridgehead atoms. The van der Waals surface area contributed by atoms with Crippen molar-refractivity contribution in [1.29, 1.82) is 0 Å². The Balaban J connectivity index is 1.38. The summed E-state index contributed by atoms with van der Waals surface area (Å²) in [6.07, 6.45) is 7.13. The van der Waals surface area contributed by atoms with Crippen molar-refractivity contribution in [2.24, 2.45) is 0 Å². The van der Waals surface area contributed by atoms with E-state index in [2.05, 4.69) is 39.4 Å². The van der Waals surface area contributed by atoms with E-state index in [0.29, 0.717) is 24.4 Å². The van der Waals surface area contributed by atoms with Crippen LogP contribution in [0, 0.1) is 6.92 Å². The van der Waals surface area contributed by atoms with E-state index in [1.807, 2.05) is 64.8 Å². The van der Waals surface area contributed by atoms with Crippen LogP contribution in [0.2, 0.25) is 0 Å². The molecule has 0 amide bonds. The summed E-state index contributed by atoms with van der Waals surface area (Å²) in [4.78, 5) is 11.7. The van der Waals surface area contributed by atoms with Crippen LogP contribution >= 0.6 is 0 Å². The number of hydrogen-bond acceptors (Lipinski definition) is 8. The van der Waals surface area contributed by atoms with Crippen LogP contribution in [0.4, 0.5) is 11.5 Å². The molecule has 3 aromatic carbocycles. The Labute approximate surface area is 237 Å². The first kappa shape index (κ1) is 25.9. The number of anilines is 2. The minimum Gasteiger partial charge on any atom is -0.497 e. The van der Waals surface area contributed by atoms with Gasteiger partial charge in [-0.2, -0.15) is 10.2 Å². The highest BCUT2D eigenvalue weighted by Gasteiger charge is 2.19. The Kier molecular flexibility index (Phi) is 6.95. The van der Waals surface area contributed by atoms with E-state index in [9.17, 15) is 0 Å². The monoisotopic (exact) mass is 546 g/mol. The average Bonchev–Trinajstić information content (AvgIpc) is 3.66. The van der Waals surface area contributed by atoms with Crippen LogP contribution in [-0.4, -0.2) is 43.6 Å². The maximum Gasteiger partial charge on any atom is 0.197 e. The number of nitrogen functional groups attached to an aromatic ring is 1. The molecule has 0 spiro atoms. The Morgan fingerprint density at radius 1 is 0.805 bits per heavy atom. The predicted octanol–water partition coefficient (Wildman–Crippen LogP) is 5.09. The summed E-state index contributed by atoms with van der Waals surface area (Å²) < 4.78 is 14.3. The van der Waals surface area contributed by atoms with Crippen molar-refractivity contribution in [3.63, 3.8) is 0 Å². The summed E-state index contributed by atoms with van der Waals surface area (Å²) in [6.45, 7) is 3.25. The fourth-order valence-electron chi connectivity index (χ4n) is 4.79. The molecule has 0 saturated carbocycles. The number of fused-ring (bicyclic) bond motifs is 1. The zero-order valence-corrected chi connectivity index (χ0v) is 23.1. The van der Waals surface area contributed by atoms with E-state index >= 15 is 0 Å². The first-order valence-electron chi connectivity index (χ1n) is 13.1. The molecule has 10 nitrogen and oxygen atoms in total. The smallest absolute Gasteiger partial charge is 0.197 e. The maximum absolute atomic E-state index is 6.04. The lowest BCUT2D eigenvalue weighted by molar-refractivity contribution is 0.414. The SMILES string of the molecule is COc1ccc(CN(Cc2ccc(OC)cc2)c2ncnn3c(-c4cnn(-c5cc(N)ccc5C)c4)cnc23)cc1. The molecule has 206 valence electrons. The first-order valence-corrected chi connectivity index (χ1v) is 13.1.